The number of carbonyl (C=O) groups is 2. The van der Waals surface area contributed by atoms with E-state index >= 15 is 0 Å². The van der Waals surface area contributed by atoms with Crippen molar-refractivity contribution in [3.8, 4) is 0 Å². The van der Waals surface area contributed by atoms with Crippen LogP contribution in [0.25, 0.3) is 0 Å². The van der Waals surface area contributed by atoms with Gasteiger partial charge in [0.2, 0.25) is 0 Å². The van der Waals surface area contributed by atoms with Crippen LogP contribution in [-0.2, 0) is 16.6 Å². The SMILES string of the molecule is CCOC(=O)C1=C(CSc2ncnn2C)NC(=O)N[C@H]1c1ccccc1C. The molecule has 2 aromatic rings. The van der Waals surface area contributed by atoms with E-state index in [0.717, 1.165) is 11.1 Å². The van der Waals surface area contributed by atoms with E-state index in [2.05, 4.69) is 20.7 Å². The number of urea groups is 1. The molecule has 142 valence electrons. The number of nitrogens with zero attached hydrogens (tertiary/aromatic N) is 3. The Morgan fingerprint density at radius 3 is 2.81 bits per heavy atom. The van der Waals surface area contributed by atoms with Gasteiger partial charge in [0.15, 0.2) is 5.16 Å². The molecule has 9 heteroatoms. The number of benzene rings is 1. The molecule has 8 nitrogen and oxygen atoms in total. The summed E-state index contributed by atoms with van der Waals surface area (Å²) in [7, 11) is 1.78. The summed E-state index contributed by atoms with van der Waals surface area (Å²) in [5.74, 6) is -0.0944. The third-order valence-electron chi connectivity index (χ3n) is 4.16. The summed E-state index contributed by atoms with van der Waals surface area (Å²) >= 11 is 1.38. The Morgan fingerprint density at radius 1 is 1.37 bits per heavy atom. The summed E-state index contributed by atoms with van der Waals surface area (Å²) in [6.07, 6.45) is 1.46. The van der Waals surface area contributed by atoms with Crippen molar-refractivity contribution in [3.05, 3.63) is 53.0 Å². The topological polar surface area (TPSA) is 98.1 Å². The Hall–Kier alpha value is -2.81. The molecule has 1 aliphatic rings. The first-order valence-electron chi connectivity index (χ1n) is 8.51. The van der Waals surface area contributed by atoms with Crippen LogP contribution in [0.15, 0.2) is 47.0 Å². The lowest BCUT2D eigenvalue weighted by molar-refractivity contribution is -0.139. The molecule has 2 amide bonds. The maximum absolute atomic E-state index is 12.7. The molecule has 1 aromatic heterocycles. The summed E-state index contributed by atoms with van der Waals surface area (Å²) in [5, 5.41) is 10.3. The lowest BCUT2D eigenvalue weighted by atomic mass is 9.92. The van der Waals surface area contributed by atoms with E-state index in [1.54, 1.807) is 18.7 Å². The monoisotopic (exact) mass is 387 g/mol. The molecule has 0 saturated heterocycles. The number of thioether (sulfide) groups is 1. The predicted molar refractivity (Wildman–Crippen MR) is 101 cm³/mol. The maximum atomic E-state index is 12.7. The normalized spacial score (nSPS) is 16.7. The predicted octanol–water partition coefficient (Wildman–Crippen LogP) is 2.09. The minimum Gasteiger partial charge on any atom is -0.463 e. The molecule has 2 heterocycles. The van der Waals surface area contributed by atoms with E-state index in [1.807, 2.05) is 31.2 Å². The Labute approximate surface area is 161 Å². The van der Waals surface area contributed by atoms with E-state index in [4.69, 9.17) is 4.74 Å². The van der Waals surface area contributed by atoms with Gasteiger partial charge in [0.05, 0.1) is 18.2 Å². The number of nitrogens with one attached hydrogen (secondary N) is 2. The molecule has 1 atom stereocenters. The summed E-state index contributed by atoms with van der Waals surface area (Å²) < 4.78 is 6.90. The fraction of sp³-hybridized carbons (Fsp3) is 0.333. The average molecular weight is 387 g/mol. The molecule has 0 unspecified atom stereocenters. The number of carbonyl (C=O) groups excluding carboxylic acids is 2. The Balaban J connectivity index is 2.00. The van der Waals surface area contributed by atoms with Gasteiger partial charge in [-0.3, -0.25) is 0 Å². The summed E-state index contributed by atoms with van der Waals surface area (Å²) in [5.41, 5.74) is 2.75. The van der Waals surface area contributed by atoms with Crippen molar-refractivity contribution in [1.82, 2.24) is 25.4 Å². The van der Waals surface area contributed by atoms with Crippen LogP contribution in [0.4, 0.5) is 4.79 Å². The zero-order valence-corrected chi connectivity index (χ0v) is 16.2. The van der Waals surface area contributed by atoms with Crippen LogP contribution < -0.4 is 10.6 Å². The lowest BCUT2D eigenvalue weighted by Gasteiger charge is -2.30. The first-order valence-corrected chi connectivity index (χ1v) is 9.49. The number of hydrogen-bond acceptors (Lipinski definition) is 6. The van der Waals surface area contributed by atoms with Gasteiger partial charge in [-0.15, -0.1) is 0 Å². The van der Waals surface area contributed by atoms with Gasteiger partial charge in [0.25, 0.3) is 0 Å². The molecule has 0 bridgehead atoms. The first-order chi connectivity index (χ1) is 13.0. The molecule has 3 rings (SSSR count). The Bertz CT molecular complexity index is 893. The van der Waals surface area contributed by atoms with Gasteiger partial charge in [-0.25, -0.2) is 19.3 Å². The molecule has 1 aromatic carbocycles. The number of ether oxygens (including phenoxy) is 1. The van der Waals surface area contributed by atoms with Crippen LogP contribution in [0.3, 0.4) is 0 Å². The van der Waals surface area contributed by atoms with Gasteiger partial charge < -0.3 is 15.4 Å². The molecule has 1 aliphatic heterocycles. The number of hydrogen-bond donors (Lipinski definition) is 2. The van der Waals surface area contributed by atoms with Crippen molar-refractivity contribution in [2.45, 2.75) is 25.0 Å². The number of esters is 1. The van der Waals surface area contributed by atoms with Crippen molar-refractivity contribution in [2.24, 2.45) is 7.05 Å². The van der Waals surface area contributed by atoms with Crippen molar-refractivity contribution in [2.75, 3.05) is 12.4 Å². The third kappa shape index (κ3) is 4.13. The molecule has 2 N–H and O–H groups in total. The van der Waals surface area contributed by atoms with Crippen LogP contribution in [0.5, 0.6) is 0 Å². The van der Waals surface area contributed by atoms with E-state index in [0.29, 0.717) is 22.2 Å². The highest BCUT2D eigenvalue weighted by Crippen LogP contribution is 2.31. The Kier molecular flexibility index (Phi) is 5.80. The highest BCUT2D eigenvalue weighted by molar-refractivity contribution is 7.99. The quantitative estimate of drug-likeness (QED) is 0.582. The molecule has 0 spiro atoms. The van der Waals surface area contributed by atoms with Gasteiger partial charge in [-0.05, 0) is 25.0 Å². The molecule has 0 radical (unpaired) electrons. The van der Waals surface area contributed by atoms with E-state index in [9.17, 15) is 9.59 Å². The standard InChI is InChI=1S/C18H21N5O3S/c1-4-26-16(24)14-13(9-27-18-19-10-20-23(18)3)21-17(25)22-15(14)12-8-6-5-7-11(12)2/h5-8,10,15H,4,9H2,1-3H3,(H2,21,22,25)/t15-/m0/s1. The number of amides is 2. The van der Waals surface area contributed by atoms with Crippen LogP contribution in [0.1, 0.15) is 24.1 Å². The number of aryl methyl sites for hydroxylation is 2. The van der Waals surface area contributed by atoms with Gasteiger partial charge >= 0.3 is 12.0 Å². The second-order valence-corrected chi connectivity index (χ2v) is 6.90. The van der Waals surface area contributed by atoms with Gasteiger partial charge in [0.1, 0.15) is 6.33 Å². The number of aromatic nitrogens is 3. The van der Waals surface area contributed by atoms with Crippen LogP contribution in [-0.4, -0.2) is 39.1 Å². The molecule has 0 aliphatic carbocycles. The zero-order valence-electron chi connectivity index (χ0n) is 15.4. The maximum Gasteiger partial charge on any atom is 0.338 e. The largest absolute Gasteiger partial charge is 0.463 e. The van der Waals surface area contributed by atoms with Crippen molar-refractivity contribution in [1.29, 1.82) is 0 Å². The minimum atomic E-state index is -0.575. The van der Waals surface area contributed by atoms with Gasteiger partial charge in [0, 0.05) is 18.5 Å². The molecule has 0 fully saturated rings. The molecular formula is C18H21N5O3S. The minimum absolute atomic E-state index is 0.250. The summed E-state index contributed by atoms with van der Waals surface area (Å²) in [6.45, 7) is 3.95. The summed E-state index contributed by atoms with van der Waals surface area (Å²) in [6, 6.07) is 6.71. The fourth-order valence-corrected chi connectivity index (χ4v) is 3.74. The summed E-state index contributed by atoms with van der Waals surface area (Å²) in [4.78, 5) is 29.2. The van der Waals surface area contributed by atoms with Crippen molar-refractivity contribution in [3.63, 3.8) is 0 Å². The second kappa shape index (κ2) is 8.26. The van der Waals surface area contributed by atoms with Gasteiger partial charge in [-0.2, -0.15) is 5.10 Å². The second-order valence-electron chi connectivity index (χ2n) is 5.96. The van der Waals surface area contributed by atoms with E-state index in [-0.39, 0.29) is 12.6 Å². The van der Waals surface area contributed by atoms with Crippen molar-refractivity contribution < 1.29 is 14.3 Å². The third-order valence-corrected chi connectivity index (χ3v) is 5.22. The van der Waals surface area contributed by atoms with E-state index in [1.165, 1.54) is 18.1 Å². The Morgan fingerprint density at radius 2 is 2.15 bits per heavy atom. The fourth-order valence-electron chi connectivity index (χ4n) is 2.88. The smallest absolute Gasteiger partial charge is 0.338 e. The lowest BCUT2D eigenvalue weighted by Crippen LogP contribution is -2.46. The van der Waals surface area contributed by atoms with Crippen LogP contribution >= 0.6 is 11.8 Å². The highest BCUT2D eigenvalue weighted by atomic mass is 32.2. The van der Waals surface area contributed by atoms with E-state index < -0.39 is 12.0 Å². The highest BCUT2D eigenvalue weighted by Gasteiger charge is 2.34. The van der Waals surface area contributed by atoms with Gasteiger partial charge in [-0.1, -0.05) is 36.0 Å². The number of rotatable bonds is 6. The first kappa shape index (κ1) is 19.0. The molecule has 27 heavy (non-hydrogen) atoms. The van der Waals surface area contributed by atoms with Crippen LogP contribution in [0, 0.1) is 6.92 Å². The molecular weight excluding hydrogens is 366 g/mol. The molecule has 0 saturated carbocycles. The van der Waals surface area contributed by atoms with Crippen molar-refractivity contribution >= 4 is 23.8 Å². The average Bonchev–Trinajstić information content (AvgIpc) is 3.05. The van der Waals surface area contributed by atoms with Crippen LogP contribution in [0.2, 0.25) is 0 Å². The zero-order chi connectivity index (χ0) is 19.4.